The van der Waals surface area contributed by atoms with Gasteiger partial charge in [0.1, 0.15) is 0 Å². The molecule has 0 rings (SSSR count). The predicted octanol–water partition coefficient (Wildman–Crippen LogP) is 2.73. The average Bonchev–Trinajstić information content (AvgIpc) is 1.89. The minimum Gasteiger partial charge on any atom is -0.237 e. The van der Waals surface area contributed by atoms with E-state index in [1.807, 2.05) is 11.8 Å². The number of rotatable bonds is 6. The van der Waals surface area contributed by atoms with E-state index in [2.05, 4.69) is 13.8 Å². The number of hydrogen-bond donors (Lipinski definition) is 0. The van der Waals surface area contributed by atoms with E-state index >= 15 is 0 Å². The van der Waals surface area contributed by atoms with Crippen LogP contribution in [0.1, 0.15) is 33.1 Å². The Hall–Kier alpha value is 0.310. The molecule has 2 heteroatoms. The Morgan fingerprint density at radius 1 is 1.50 bits per heavy atom. The van der Waals surface area contributed by atoms with Gasteiger partial charge in [-0.3, -0.25) is 0 Å². The Kier molecular flexibility index (Phi) is 7.65. The lowest BCUT2D eigenvalue weighted by Gasteiger charge is -2.06. The third-order valence-electron chi connectivity index (χ3n) is 1.42. The van der Waals surface area contributed by atoms with Crippen molar-refractivity contribution < 1.29 is 5.11 Å². The normalized spacial score (nSPS) is 13.5. The molecule has 0 N–H and O–H groups in total. The minimum absolute atomic E-state index is 0.0836. The molecule has 0 aromatic carbocycles. The molecule has 1 nitrogen and oxygen atoms in total. The van der Waals surface area contributed by atoms with Gasteiger partial charge in [-0.05, 0) is 18.6 Å². The summed E-state index contributed by atoms with van der Waals surface area (Å²) < 4.78 is 0. The standard InChI is InChI=1S/C8H17OS/c1-3-4-7-10-8(2)5-6-9/h8H,3-7H2,1-2H3. The third kappa shape index (κ3) is 6.43. The van der Waals surface area contributed by atoms with Crippen molar-refractivity contribution in [2.75, 3.05) is 12.4 Å². The number of unbranched alkanes of at least 4 members (excludes halogenated alkanes) is 1. The van der Waals surface area contributed by atoms with Crippen molar-refractivity contribution in [3.63, 3.8) is 0 Å². The molecule has 1 atom stereocenters. The Labute approximate surface area is 68.2 Å². The van der Waals surface area contributed by atoms with Crippen molar-refractivity contribution in [1.82, 2.24) is 0 Å². The van der Waals surface area contributed by atoms with Crippen LogP contribution in [0.4, 0.5) is 0 Å². The first-order valence-corrected chi connectivity index (χ1v) is 5.05. The van der Waals surface area contributed by atoms with E-state index < -0.39 is 0 Å². The molecule has 0 fully saturated rings. The summed E-state index contributed by atoms with van der Waals surface area (Å²) in [6.45, 7) is 4.41. The molecule has 0 heterocycles. The van der Waals surface area contributed by atoms with E-state index in [1.165, 1.54) is 18.6 Å². The van der Waals surface area contributed by atoms with Gasteiger partial charge >= 0.3 is 0 Å². The van der Waals surface area contributed by atoms with Gasteiger partial charge in [0.05, 0.1) is 6.61 Å². The lowest BCUT2D eigenvalue weighted by Crippen LogP contribution is -1.99. The molecule has 0 aliphatic carbocycles. The first kappa shape index (κ1) is 10.3. The zero-order chi connectivity index (χ0) is 7.82. The molecule has 0 saturated heterocycles. The number of hydrogen-bond acceptors (Lipinski definition) is 1. The van der Waals surface area contributed by atoms with Crippen molar-refractivity contribution in [2.24, 2.45) is 0 Å². The molecule has 0 bridgehead atoms. The molecule has 0 amide bonds. The van der Waals surface area contributed by atoms with E-state index in [0.29, 0.717) is 5.25 Å². The van der Waals surface area contributed by atoms with Crippen LogP contribution in [0.5, 0.6) is 0 Å². The Bertz CT molecular complexity index is 66.3. The zero-order valence-corrected chi connectivity index (χ0v) is 7.75. The second-order valence-electron chi connectivity index (χ2n) is 2.53. The van der Waals surface area contributed by atoms with Crippen molar-refractivity contribution in [2.45, 2.75) is 38.4 Å². The molecule has 0 aromatic heterocycles. The van der Waals surface area contributed by atoms with Gasteiger partial charge in [0.15, 0.2) is 0 Å². The largest absolute Gasteiger partial charge is 0.237 e. The Morgan fingerprint density at radius 3 is 2.70 bits per heavy atom. The highest BCUT2D eigenvalue weighted by molar-refractivity contribution is 7.99. The summed E-state index contributed by atoms with van der Waals surface area (Å²) >= 11 is 1.93. The van der Waals surface area contributed by atoms with Gasteiger partial charge in [0.25, 0.3) is 0 Å². The maximum Gasteiger partial charge on any atom is 0.0832 e. The van der Waals surface area contributed by atoms with Gasteiger partial charge in [0, 0.05) is 5.25 Å². The van der Waals surface area contributed by atoms with E-state index in [1.54, 1.807) is 0 Å². The molecular formula is C8H17OS. The van der Waals surface area contributed by atoms with Gasteiger partial charge < -0.3 is 0 Å². The van der Waals surface area contributed by atoms with Crippen LogP contribution in [0, 0.1) is 0 Å². The molecule has 1 unspecified atom stereocenters. The SMILES string of the molecule is CCCCSC(C)CC[O]. The van der Waals surface area contributed by atoms with Crippen molar-refractivity contribution in [1.29, 1.82) is 0 Å². The summed E-state index contributed by atoms with van der Waals surface area (Å²) in [4.78, 5) is 0. The molecule has 1 radical (unpaired) electrons. The third-order valence-corrected chi connectivity index (χ3v) is 2.75. The molecule has 0 aliphatic rings. The van der Waals surface area contributed by atoms with Crippen LogP contribution in [0.15, 0.2) is 0 Å². The van der Waals surface area contributed by atoms with Gasteiger partial charge in [-0.25, -0.2) is 5.11 Å². The van der Waals surface area contributed by atoms with Crippen molar-refractivity contribution in [3.05, 3.63) is 0 Å². The maximum absolute atomic E-state index is 10.2. The van der Waals surface area contributed by atoms with E-state index in [9.17, 15) is 5.11 Å². The summed E-state index contributed by atoms with van der Waals surface area (Å²) in [5.74, 6) is 1.22. The van der Waals surface area contributed by atoms with Crippen molar-refractivity contribution in [3.8, 4) is 0 Å². The van der Waals surface area contributed by atoms with Gasteiger partial charge in [-0.1, -0.05) is 20.3 Å². The summed E-state index contributed by atoms with van der Waals surface area (Å²) in [6, 6.07) is 0. The lowest BCUT2D eigenvalue weighted by atomic mass is 10.3. The minimum atomic E-state index is 0.0836. The summed E-state index contributed by atoms with van der Waals surface area (Å²) in [5, 5.41) is 10.7. The zero-order valence-electron chi connectivity index (χ0n) is 6.93. The second-order valence-corrected chi connectivity index (χ2v) is 4.07. The quantitative estimate of drug-likeness (QED) is 0.548. The molecule has 0 aliphatic heterocycles. The van der Waals surface area contributed by atoms with E-state index in [0.717, 1.165) is 6.42 Å². The fourth-order valence-corrected chi connectivity index (χ4v) is 1.80. The summed E-state index contributed by atoms with van der Waals surface area (Å²) in [5.41, 5.74) is 0. The highest BCUT2D eigenvalue weighted by atomic mass is 32.2. The van der Waals surface area contributed by atoms with Gasteiger partial charge in [0.2, 0.25) is 0 Å². The first-order chi connectivity index (χ1) is 4.81. The van der Waals surface area contributed by atoms with Crippen molar-refractivity contribution >= 4 is 11.8 Å². The smallest absolute Gasteiger partial charge is 0.0832 e. The lowest BCUT2D eigenvalue weighted by molar-refractivity contribution is 0.189. The summed E-state index contributed by atoms with van der Waals surface area (Å²) in [6.07, 6.45) is 3.37. The highest BCUT2D eigenvalue weighted by Crippen LogP contribution is 2.14. The first-order valence-electron chi connectivity index (χ1n) is 4.01. The van der Waals surface area contributed by atoms with Crippen LogP contribution in [-0.4, -0.2) is 17.6 Å². The van der Waals surface area contributed by atoms with Crippen LogP contribution < -0.4 is 0 Å². The fourth-order valence-electron chi connectivity index (χ4n) is 0.678. The average molecular weight is 161 g/mol. The van der Waals surface area contributed by atoms with Crippen LogP contribution >= 0.6 is 11.8 Å². The molecular weight excluding hydrogens is 144 g/mol. The van der Waals surface area contributed by atoms with Gasteiger partial charge in [-0.2, -0.15) is 11.8 Å². The summed E-state index contributed by atoms with van der Waals surface area (Å²) in [7, 11) is 0. The Balaban J connectivity index is 2.97. The molecule has 0 spiro atoms. The van der Waals surface area contributed by atoms with E-state index in [4.69, 9.17) is 0 Å². The molecule has 61 valence electrons. The monoisotopic (exact) mass is 161 g/mol. The van der Waals surface area contributed by atoms with E-state index in [-0.39, 0.29) is 6.61 Å². The maximum atomic E-state index is 10.2. The van der Waals surface area contributed by atoms with Crippen LogP contribution in [0.25, 0.3) is 0 Å². The topological polar surface area (TPSA) is 19.9 Å². The molecule has 0 aromatic rings. The van der Waals surface area contributed by atoms with Gasteiger partial charge in [-0.15, -0.1) is 0 Å². The van der Waals surface area contributed by atoms with Crippen LogP contribution in [-0.2, 0) is 5.11 Å². The highest BCUT2D eigenvalue weighted by Gasteiger charge is 1.99. The molecule has 0 saturated carbocycles. The number of thioether (sulfide) groups is 1. The fraction of sp³-hybridized carbons (Fsp3) is 1.00. The predicted molar refractivity (Wildman–Crippen MR) is 47.0 cm³/mol. The van der Waals surface area contributed by atoms with Crippen LogP contribution in [0.2, 0.25) is 0 Å². The van der Waals surface area contributed by atoms with Crippen LogP contribution in [0.3, 0.4) is 0 Å². The Morgan fingerprint density at radius 2 is 2.20 bits per heavy atom. The molecule has 10 heavy (non-hydrogen) atoms. The second kappa shape index (κ2) is 7.42.